The van der Waals surface area contributed by atoms with Gasteiger partial charge in [-0.1, -0.05) is 27.7 Å². The van der Waals surface area contributed by atoms with Gasteiger partial charge in [-0.25, -0.2) is 0 Å². The van der Waals surface area contributed by atoms with E-state index in [-0.39, 0.29) is 55.9 Å². The van der Waals surface area contributed by atoms with Gasteiger partial charge in [-0.2, -0.15) is 0 Å². The molecule has 4 rings (SSSR count). The van der Waals surface area contributed by atoms with Crippen LogP contribution in [-0.4, -0.2) is 176 Å². The van der Waals surface area contributed by atoms with Crippen molar-refractivity contribution >= 4 is 5.97 Å². The van der Waals surface area contributed by atoms with Crippen LogP contribution in [0, 0.1) is 23.7 Å². The number of ether oxygens (including phenoxy) is 9. The fourth-order valence-electron chi connectivity index (χ4n) is 10.0. The van der Waals surface area contributed by atoms with Crippen molar-refractivity contribution in [2.24, 2.45) is 23.7 Å². The van der Waals surface area contributed by atoms with Crippen molar-refractivity contribution < 1.29 is 67.9 Å². The predicted molar refractivity (Wildman–Crippen MR) is 214 cm³/mol. The highest BCUT2D eigenvalue weighted by Crippen LogP contribution is 2.43. The van der Waals surface area contributed by atoms with E-state index in [1.165, 1.54) is 7.11 Å². The number of methoxy groups -OCH3 is 2. The van der Waals surface area contributed by atoms with Gasteiger partial charge in [-0.3, -0.25) is 10.1 Å². The Kier molecular flexibility index (Phi) is 17.4. The van der Waals surface area contributed by atoms with Crippen LogP contribution in [0.5, 0.6) is 0 Å². The molecule has 0 spiro atoms. The van der Waals surface area contributed by atoms with Crippen molar-refractivity contribution in [3.05, 3.63) is 0 Å². The van der Waals surface area contributed by atoms with Crippen molar-refractivity contribution in [3.8, 4) is 0 Å². The number of esters is 1. The van der Waals surface area contributed by atoms with E-state index in [9.17, 15) is 25.2 Å². The molecule has 4 fully saturated rings. The molecule has 0 aromatic carbocycles. The van der Waals surface area contributed by atoms with Gasteiger partial charge in [0.25, 0.3) is 0 Å². The number of cyclic esters (lactones) is 1. The molecule has 0 amide bonds. The molecule has 4 aliphatic heterocycles. The summed E-state index contributed by atoms with van der Waals surface area (Å²) in [5.41, 5.74) is -4.27. The third-order valence-corrected chi connectivity index (χ3v) is 13.5. The molecule has 340 valence electrons. The van der Waals surface area contributed by atoms with Gasteiger partial charge in [0.15, 0.2) is 12.6 Å². The molecule has 16 nitrogen and oxygen atoms in total. The minimum absolute atomic E-state index is 0.137. The fraction of sp³-hybridized carbons (Fsp3) is 0.976. The van der Waals surface area contributed by atoms with Gasteiger partial charge in [0.2, 0.25) is 0 Å². The summed E-state index contributed by atoms with van der Waals surface area (Å²) in [7, 11) is 6.90. The van der Waals surface area contributed by atoms with E-state index in [1.54, 1.807) is 41.7 Å². The summed E-state index contributed by atoms with van der Waals surface area (Å²) in [5.74, 6) is -2.95. The number of rotatable bonds is 12. The van der Waals surface area contributed by atoms with Crippen molar-refractivity contribution in [2.45, 2.75) is 191 Å². The number of hydrogen-bond acceptors (Lipinski definition) is 16. The van der Waals surface area contributed by atoms with Crippen LogP contribution in [0.15, 0.2) is 0 Å². The number of hydrogen-bond donors (Lipinski definition) is 5. The molecule has 0 aromatic heterocycles. The molecule has 4 saturated heterocycles. The van der Waals surface area contributed by atoms with E-state index in [0.717, 1.165) is 0 Å². The van der Waals surface area contributed by atoms with Crippen molar-refractivity contribution in [2.75, 3.05) is 48.1 Å². The zero-order chi connectivity index (χ0) is 43.5. The lowest BCUT2D eigenvalue weighted by Crippen LogP contribution is -2.67. The number of carbonyl (C=O) groups excluding carboxylic acids is 1. The molecule has 5 N–H and O–H groups in total. The maximum Gasteiger partial charge on any atom is 0.311 e. The van der Waals surface area contributed by atoms with E-state index < -0.39 is 96.1 Å². The normalized spacial score (nSPS) is 48.7. The van der Waals surface area contributed by atoms with Crippen LogP contribution in [0.2, 0.25) is 0 Å². The maximum atomic E-state index is 14.5. The van der Waals surface area contributed by atoms with Gasteiger partial charge >= 0.3 is 5.97 Å². The second-order valence-electron chi connectivity index (χ2n) is 18.6. The fourth-order valence-corrected chi connectivity index (χ4v) is 10.0. The van der Waals surface area contributed by atoms with Crippen LogP contribution in [0.1, 0.15) is 94.9 Å². The Labute approximate surface area is 346 Å². The lowest BCUT2D eigenvalue weighted by atomic mass is 9.71. The van der Waals surface area contributed by atoms with Gasteiger partial charge in [0, 0.05) is 44.6 Å². The summed E-state index contributed by atoms with van der Waals surface area (Å²) >= 11 is 0. The Hall–Kier alpha value is -1.09. The molecule has 0 aromatic rings. The lowest BCUT2D eigenvalue weighted by Gasteiger charge is -2.52. The molecule has 0 aliphatic carbocycles. The van der Waals surface area contributed by atoms with Crippen LogP contribution in [0.3, 0.4) is 0 Å². The zero-order valence-corrected chi connectivity index (χ0v) is 37.6. The van der Waals surface area contributed by atoms with Gasteiger partial charge < -0.3 is 68.0 Å². The minimum atomic E-state index is -1.64. The molecule has 2 bridgehead atoms. The van der Waals surface area contributed by atoms with Crippen LogP contribution in [0.4, 0.5) is 0 Å². The molecule has 0 radical (unpaired) electrons. The summed E-state index contributed by atoms with van der Waals surface area (Å²) in [4.78, 5) is 16.4. The van der Waals surface area contributed by atoms with E-state index in [0.29, 0.717) is 19.6 Å². The summed E-state index contributed by atoms with van der Waals surface area (Å²) in [5, 5.41) is 51.5. The number of fused-ring (bicyclic) bond motifs is 2. The number of aliphatic hydroxyl groups excluding tert-OH is 2. The van der Waals surface area contributed by atoms with Crippen molar-refractivity contribution in [1.82, 2.24) is 10.2 Å². The maximum absolute atomic E-state index is 14.5. The predicted octanol–water partition coefficient (Wildman–Crippen LogP) is 2.20. The van der Waals surface area contributed by atoms with Crippen LogP contribution >= 0.6 is 0 Å². The molecule has 1 unspecified atom stereocenters. The smallest absolute Gasteiger partial charge is 0.311 e. The molecule has 0 saturated carbocycles. The van der Waals surface area contributed by atoms with Crippen LogP contribution in [-0.2, 0) is 47.4 Å². The monoisotopic (exact) mass is 835 g/mol. The minimum Gasteiger partial charge on any atom is -0.459 e. The third-order valence-electron chi connectivity index (χ3n) is 13.5. The quantitative estimate of drug-likeness (QED) is 0.142. The Morgan fingerprint density at radius 1 is 0.914 bits per heavy atom. The van der Waals surface area contributed by atoms with E-state index in [1.807, 2.05) is 53.6 Å². The first-order valence-corrected chi connectivity index (χ1v) is 21.4. The molecule has 16 heteroatoms. The highest BCUT2D eigenvalue weighted by atomic mass is 16.7. The van der Waals surface area contributed by atoms with E-state index in [2.05, 4.69) is 5.32 Å². The molecular weight excluding hydrogens is 756 g/mol. The molecular formula is C42H78N2O14. The topological polar surface area (TPSA) is 196 Å². The molecule has 20 atom stereocenters. The second kappa shape index (κ2) is 20.4. The molecule has 4 heterocycles. The third kappa shape index (κ3) is 11.1. The first-order chi connectivity index (χ1) is 27.0. The van der Waals surface area contributed by atoms with Gasteiger partial charge in [-0.15, -0.1) is 0 Å². The number of carbonyl (C=O) groups is 1. The summed E-state index contributed by atoms with van der Waals surface area (Å²) in [6.45, 7) is 19.1. The summed E-state index contributed by atoms with van der Waals surface area (Å²) in [6.07, 6.45) is -8.29. The first kappa shape index (κ1) is 49.6. The molecule has 58 heavy (non-hydrogen) atoms. The number of aliphatic hydroxyl groups is 4. The van der Waals surface area contributed by atoms with Crippen molar-refractivity contribution in [1.29, 1.82) is 0 Å². The standard InChI is InChI=1S/C42H78N2O14/c1-15-29-42(10,49)37-24(4)32(43-30(56-37)21-52-17-16-50-13)22(2)19-40(8,48)36(58-39-33(45)28(44(11)12)18-23(3)53-39)25(5)34(26(6)38(47)55-29)57-31-20-41(9,51-14)35(46)27(7)54-31/h22-37,39,43,45-46,48-49H,15-21H2,1-14H3/t22-,23-,24+,25+,26-,27+,28+,29-,30-,31+,32+,33-,34?,35+,36-,37-,39+,40-,41-,42-/m1/s1. The number of nitrogens with zero attached hydrogens (tertiary/aromatic N) is 1. The average molecular weight is 835 g/mol. The van der Waals surface area contributed by atoms with E-state index in [4.69, 9.17) is 42.6 Å². The summed E-state index contributed by atoms with van der Waals surface area (Å²) < 4.78 is 55.7. The molecule has 4 aliphatic rings. The Morgan fingerprint density at radius 2 is 1.59 bits per heavy atom. The Bertz CT molecular complexity index is 1290. The van der Waals surface area contributed by atoms with E-state index >= 15 is 0 Å². The number of nitrogens with one attached hydrogen (secondary N) is 1. The first-order valence-electron chi connectivity index (χ1n) is 21.4. The van der Waals surface area contributed by atoms with Gasteiger partial charge in [0.05, 0.1) is 67.5 Å². The Morgan fingerprint density at radius 3 is 2.19 bits per heavy atom. The average Bonchev–Trinajstić information content (AvgIpc) is 3.15. The van der Waals surface area contributed by atoms with Crippen molar-refractivity contribution in [3.63, 3.8) is 0 Å². The number of likely N-dealkylation sites (N-methyl/N-ethyl adjacent to an activating group) is 1. The Balaban J connectivity index is 1.83. The summed E-state index contributed by atoms with van der Waals surface area (Å²) in [6, 6.07) is -0.593. The SMILES string of the molecule is CC[C@H]1OC(=O)[C@H](C)C(O[C@H]2C[C@@](C)(OC)[C@@H](O)[C@H](C)O2)[C@H](C)[C@@H](O[C@@H]2O[C@H](C)C[C@H](N(C)C)[C@H]2O)[C@](C)(O)C[C@@H](C)[C@@H]2N[C@@H](COCCOC)O[C@H]([C@H]2C)[C@]1(C)O. The highest BCUT2D eigenvalue weighted by molar-refractivity contribution is 5.73. The lowest BCUT2D eigenvalue weighted by molar-refractivity contribution is -0.318. The second-order valence-corrected chi connectivity index (χ2v) is 18.6. The largest absolute Gasteiger partial charge is 0.459 e. The van der Waals surface area contributed by atoms with Gasteiger partial charge in [0.1, 0.15) is 30.1 Å². The van der Waals surface area contributed by atoms with Crippen LogP contribution < -0.4 is 5.32 Å². The van der Waals surface area contributed by atoms with Gasteiger partial charge in [-0.05, 0) is 80.8 Å². The zero-order valence-electron chi connectivity index (χ0n) is 37.6. The van der Waals surface area contributed by atoms with Crippen LogP contribution in [0.25, 0.3) is 0 Å². The highest BCUT2D eigenvalue weighted by Gasteiger charge is 2.55.